The summed E-state index contributed by atoms with van der Waals surface area (Å²) in [7, 11) is 0. The van der Waals surface area contributed by atoms with Gasteiger partial charge in [-0.05, 0) is 44.9 Å². The molecule has 0 aliphatic heterocycles. The van der Waals surface area contributed by atoms with E-state index in [1.807, 2.05) is 0 Å². The van der Waals surface area contributed by atoms with E-state index in [2.05, 4.69) is 32.9 Å². The predicted octanol–water partition coefficient (Wildman–Crippen LogP) is 21.7. The molecule has 0 amide bonds. The smallest absolute Gasteiger partial charge is 0.306 e. The van der Waals surface area contributed by atoms with Crippen LogP contribution in [0.25, 0.3) is 0 Å². The van der Waals surface area contributed by atoms with E-state index in [4.69, 9.17) is 14.2 Å². The van der Waals surface area contributed by atoms with E-state index in [-0.39, 0.29) is 31.1 Å². The van der Waals surface area contributed by atoms with E-state index in [0.717, 1.165) is 57.8 Å². The summed E-state index contributed by atoms with van der Waals surface area (Å²) >= 11 is 0. The van der Waals surface area contributed by atoms with E-state index in [0.29, 0.717) is 19.3 Å². The number of unbranched alkanes of at least 4 members (excludes halogenated alkanes) is 47. The molecule has 6 heteroatoms. The maximum absolute atomic E-state index is 12.7. The first-order valence-corrected chi connectivity index (χ1v) is 32.2. The Bertz CT molecular complexity index is 1100. The highest BCUT2D eigenvalue weighted by Crippen LogP contribution is 2.18. The Labute approximate surface area is 443 Å². The summed E-state index contributed by atoms with van der Waals surface area (Å²) in [4.78, 5) is 37.9. The number of allylic oxidation sites excluding steroid dienone is 2. The van der Waals surface area contributed by atoms with Crippen molar-refractivity contribution >= 4 is 17.9 Å². The molecule has 0 saturated heterocycles. The van der Waals surface area contributed by atoms with Gasteiger partial charge in [-0.25, -0.2) is 0 Å². The molecule has 0 spiro atoms. The van der Waals surface area contributed by atoms with Crippen molar-refractivity contribution in [2.45, 2.75) is 374 Å². The molecule has 0 aromatic rings. The largest absolute Gasteiger partial charge is 0.462 e. The van der Waals surface area contributed by atoms with Crippen LogP contribution in [-0.2, 0) is 28.6 Å². The maximum atomic E-state index is 12.7. The summed E-state index contributed by atoms with van der Waals surface area (Å²) in [5.74, 6) is -0.849. The van der Waals surface area contributed by atoms with Crippen molar-refractivity contribution in [3.8, 4) is 0 Å². The molecule has 0 aromatic carbocycles. The van der Waals surface area contributed by atoms with Crippen LogP contribution >= 0.6 is 0 Å². The van der Waals surface area contributed by atoms with Gasteiger partial charge in [0, 0.05) is 19.3 Å². The van der Waals surface area contributed by atoms with Crippen LogP contribution in [0, 0.1) is 0 Å². The molecule has 1 unspecified atom stereocenters. The van der Waals surface area contributed by atoms with Gasteiger partial charge < -0.3 is 14.2 Å². The van der Waals surface area contributed by atoms with Gasteiger partial charge in [-0.2, -0.15) is 0 Å². The summed E-state index contributed by atoms with van der Waals surface area (Å²) in [5, 5.41) is 0. The third-order valence-electron chi connectivity index (χ3n) is 14.8. The lowest BCUT2D eigenvalue weighted by Crippen LogP contribution is -2.30. The van der Waals surface area contributed by atoms with Gasteiger partial charge in [0.1, 0.15) is 13.2 Å². The molecule has 0 heterocycles. The molecule has 0 saturated carbocycles. The summed E-state index contributed by atoms with van der Waals surface area (Å²) in [5.41, 5.74) is 0. The Morgan fingerprint density at radius 3 is 0.704 bits per heavy atom. The normalized spacial score (nSPS) is 12.0. The Kier molecular flexibility index (Phi) is 59.1. The van der Waals surface area contributed by atoms with Crippen molar-refractivity contribution < 1.29 is 28.6 Å². The summed E-state index contributed by atoms with van der Waals surface area (Å²) in [6, 6.07) is 0. The van der Waals surface area contributed by atoms with Gasteiger partial charge >= 0.3 is 17.9 Å². The first kappa shape index (κ1) is 69.2. The fourth-order valence-corrected chi connectivity index (χ4v) is 9.91. The van der Waals surface area contributed by atoms with Crippen LogP contribution < -0.4 is 0 Å². The zero-order valence-corrected chi connectivity index (χ0v) is 48.3. The Hall–Kier alpha value is -1.85. The first-order valence-electron chi connectivity index (χ1n) is 32.2. The topological polar surface area (TPSA) is 78.9 Å². The molecule has 1 atom stereocenters. The molecule has 6 nitrogen and oxygen atoms in total. The second-order valence-corrected chi connectivity index (χ2v) is 22.0. The fraction of sp³-hybridized carbons (Fsp3) is 0.923. The minimum atomic E-state index is -0.760. The zero-order valence-electron chi connectivity index (χ0n) is 48.3. The van der Waals surface area contributed by atoms with Crippen LogP contribution in [0.2, 0.25) is 0 Å². The lowest BCUT2D eigenvalue weighted by molar-refractivity contribution is -0.167. The van der Waals surface area contributed by atoms with Crippen LogP contribution in [0.5, 0.6) is 0 Å². The molecular weight excluding hydrogens is 877 g/mol. The van der Waals surface area contributed by atoms with Crippen molar-refractivity contribution in [2.24, 2.45) is 0 Å². The number of ether oxygens (including phenoxy) is 3. The second kappa shape index (κ2) is 60.7. The number of carbonyl (C=O) groups is 3. The third kappa shape index (κ3) is 58.9. The molecule has 0 bridgehead atoms. The summed E-state index contributed by atoms with van der Waals surface area (Å²) < 4.78 is 16.8. The standard InChI is InChI=1S/C65H124O6/c1-4-7-10-13-16-18-20-21-22-23-24-25-26-27-28-29-30-31-32-33-34-35-36-37-38-39-40-41-42-43-45-46-49-52-55-58-64(67)70-61-62(60-69-63(66)57-54-51-48-15-12-9-6-3)71-65(68)59-56-53-50-47-44-19-17-14-11-8-5-2/h23-24,62H,4-22,25-61H2,1-3H3/b24-23-. The van der Waals surface area contributed by atoms with Crippen molar-refractivity contribution in [2.75, 3.05) is 13.2 Å². The molecule has 0 aliphatic carbocycles. The molecule has 0 fully saturated rings. The van der Waals surface area contributed by atoms with Gasteiger partial charge in [-0.3, -0.25) is 14.4 Å². The summed E-state index contributed by atoms with van der Waals surface area (Å²) in [6.07, 6.45) is 71.4. The van der Waals surface area contributed by atoms with Crippen LogP contribution in [0.3, 0.4) is 0 Å². The van der Waals surface area contributed by atoms with E-state index in [1.165, 1.54) is 270 Å². The minimum absolute atomic E-state index is 0.0634. The van der Waals surface area contributed by atoms with Crippen molar-refractivity contribution in [1.82, 2.24) is 0 Å². The zero-order chi connectivity index (χ0) is 51.4. The lowest BCUT2D eigenvalue weighted by atomic mass is 10.0. The molecule has 0 aromatic heterocycles. The van der Waals surface area contributed by atoms with Gasteiger partial charge in [0.05, 0.1) is 0 Å². The summed E-state index contributed by atoms with van der Waals surface area (Å²) in [6.45, 7) is 6.64. The van der Waals surface area contributed by atoms with Gasteiger partial charge in [-0.1, -0.05) is 315 Å². The molecule has 0 aliphatic rings. The predicted molar refractivity (Wildman–Crippen MR) is 307 cm³/mol. The van der Waals surface area contributed by atoms with Gasteiger partial charge in [0.2, 0.25) is 0 Å². The molecule has 0 radical (unpaired) electrons. The van der Waals surface area contributed by atoms with Gasteiger partial charge in [0.15, 0.2) is 6.10 Å². The number of esters is 3. The Morgan fingerprint density at radius 2 is 0.465 bits per heavy atom. The third-order valence-corrected chi connectivity index (χ3v) is 14.8. The lowest BCUT2D eigenvalue weighted by Gasteiger charge is -2.18. The maximum Gasteiger partial charge on any atom is 0.306 e. The van der Waals surface area contributed by atoms with Crippen LogP contribution in [0.15, 0.2) is 12.2 Å². The highest BCUT2D eigenvalue weighted by molar-refractivity contribution is 5.71. The van der Waals surface area contributed by atoms with Crippen LogP contribution in [0.4, 0.5) is 0 Å². The van der Waals surface area contributed by atoms with E-state index < -0.39 is 6.10 Å². The molecule has 0 N–H and O–H groups in total. The average Bonchev–Trinajstić information content (AvgIpc) is 3.37. The highest BCUT2D eigenvalue weighted by atomic mass is 16.6. The van der Waals surface area contributed by atoms with Crippen molar-refractivity contribution in [1.29, 1.82) is 0 Å². The number of rotatable bonds is 60. The first-order chi connectivity index (χ1) is 35.0. The van der Waals surface area contributed by atoms with Crippen molar-refractivity contribution in [3.05, 3.63) is 12.2 Å². The number of hydrogen-bond acceptors (Lipinski definition) is 6. The molecule has 71 heavy (non-hydrogen) atoms. The fourth-order valence-electron chi connectivity index (χ4n) is 9.91. The Morgan fingerprint density at radius 1 is 0.268 bits per heavy atom. The average molecular weight is 1000 g/mol. The number of carbonyl (C=O) groups excluding carboxylic acids is 3. The molecular formula is C65H124O6. The Balaban J connectivity index is 3.83. The monoisotopic (exact) mass is 1000 g/mol. The van der Waals surface area contributed by atoms with Crippen LogP contribution in [-0.4, -0.2) is 37.2 Å². The second-order valence-electron chi connectivity index (χ2n) is 22.0. The number of hydrogen-bond donors (Lipinski definition) is 0. The van der Waals surface area contributed by atoms with Crippen LogP contribution in [0.1, 0.15) is 367 Å². The minimum Gasteiger partial charge on any atom is -0.462 e. The SMILES string of the molecule is CCCCCCCCCC/C=C\CCCCCCCCCCCCCCCCCCCCCCCCCC(=O)OCC(COC(=O)CCCCCCCCC)OC(=O)CCCCCCCCCCCCC. The van der Waals surface area contributed by atoms with Gasteiger partial charge in [0.25, 0.3) is 0 Å². The highest BCUT2D eigenvalue weighted by Gasteiger charge is 2.19. The quantitative estimate of drug-likeness (QED) is 0.0261. The molecule has 0 rings (SSSR count). The van der Waals surface area contributed by atoms with E-state index in [9.17, 15) is 14.4 Å². The van der Waals surface area contributed by atoms with Crippen molar-refractivity contribution in [3.63, 3.8) is 0 Å². The van der Waals surface area contributed by atoms with E-state index in [1.54, 1.807) is 0 Å². The van der Waals surface area contributed by atoms with Gasteiger partial charge in [-0.15, -0.1) is 0 Å². The van der Waals surface area contributed by atoms with E-state index >= 15 is 0 Å². The molecule has 420 valence electrons.